The minimum atomic E-state index is -0.406. The third-order valence-corrected chi connectivity index (χ3v) is 4.53. The van der Waals surface area contributed by atoms with Gasteiger partial charge in [0.15, 0.2) is 0 Å². The van der Waals surface area contributed by atoms with Gasteiger partial charge in [-0.1, -0.05) is 12.8 Å². The second-order valence-electron chi connectivity index (χ2n) is 7.52. The molecule has 1 saturated heterocycles. The van der Waals surface area contributed by atoms with Crippen molar-refractivity contribution >= 4 is 6.09 Å². The van der Waals surface area contributed by atoms with E-state index < -0.39 is 5.60 Å². The van der Waals surface area contributed by atoms with Gasteiger partial charge in [0, 0.05) is 19.1 Å². The van der Waals surface area contributed by atoms with Crippen LogP contribution in [0, 0.1) is 11.8 Å². The van der Waals surface area contributed by atoms with Gasteiger partial charge >= 0.3 is 6.09 Å². The van der Waals surface area contributed by atoms with Gasteiger partial charge in [0.1, 0.15) is 5.60 Å². The minimum absolute atomic E-state index is 0.151. The van der Waals surface area contributed by atoms with Gasteiger partial charge in [-0.25, -0.2) is 4.79 Å². The predicted molar refractivity (Wildman–Crippen MR) is 80.5 cm³/mol. The van der Waals surface area contributed by atoms with Crippen LogP contribution in [0.3, 0.4) is 0 Å². The summed E-state index contributed by atoms with van der Waals surface area (Å²) in [4.78, 5) is 14.1. The second kappa shape index (κ2) is 6.33. The number of likely N-dealkylation sites (tertiary alicyclic amines) is 1. The Balaban J connectivity index is 1.89. The number of amides is 1. The van der Waals surface area contributed by atoms with E-state index in [0.717, 1.165) is 25.9 Å². The highest BCUT2D eigenvalue weighted by molar-refractivity contribution is 5.68. The maximum Gasteiger partial charge on any atom is 0.410 e. The van der Waals surface area contributed by atoms with Crippen LogP contribution in [0.25, 0.3) is 0 Å². The lowest BCUT2D eigenvalue weighted by Gasteiger charge is -2.40. The highest BCUT2D eigenvalue weighted by atomic mass is 16.6. The van der Waals surface area contributed by atoms with Crippen LogP contribution < -0.4 is 5.73 Å². The highest BCUT2D eigenvalue weighted by Gasteiger charge is 2.33. The molecule has 1 heterocycles. The van der Waals surface area contributed by atoms with Gasteiger partial charge in [0.05, 0.1) is 0 Å². The molecule has 0 spiro atoms. The molecule has 116 valence electrons. The SMILES string of the molecule is CC(C)(C)OC(=O)N1CCCC(C2CCCC(N)C2)C1. The van der Waals surface area contributed by atoms with Crippen LogP contribution in [0.2, 0.25) is 0 Å². The maximum atomic E-state index is 12.2. The molecular formula is C16H30N2O2. The fourth-order valence-corrected chi connectivity index (χ4v) is 3.58. The molecule has 1 amide bonds. The largest absolute Gasteiger partial charge is 0.444 e. The summed E-state index contributed by atoms with van der Waals surface area (Å²) < 4.78 is 5.50. The van der Waals surface area contributed by atoms with Crippen LogP contribution in [-0.4, -0.2) is 35.7 Å². The third-order valence-electron chi connectivity index (χ3n) is 4.53. The summed E-state index contributed by atoms with van der Waals surface area (Å²) in [6, 6.07) is 0.366. The molecule has 2 aliphatic rings. The van der Waals surface area contributed by atoms with Gasteiger partial charge in [-0.15, -0.1) is 0 Å². The normalized spacial score (nSPS) is 32.0. The van der Waals surface area contributed by atoms with Crippen LogP contribution >= 0.6 is 0 Å². The molecule has 2 fully saturated rings. The molecule has 3 atom stereocenters. The summed E-state index contributed by atoms with van der Waals surface area (Å²) in [6.07, 6.45) is 7.00. The van der Waals surface area contributed by atoms with Crippen molar-refractivity contribution in [2.24, 2.45) is 17.6 Å². The molecule has 0 aromatic carbocycles. The summed E-state index contributed by atoms with van der Waals surface area (Å²) in [5, 5.41) is 0. The summed E-state index contributed by atoms with van der Waals surface area (Å²) >= 11 is 0. The van der Waals surface area contributed by atoms with Crippen molar-refractivity contribution in [2.45, 2.75) is 70.9 Å². The van der Waals surface area contributed by atoms with Crippen molar-refractivity contribution in [1.82, 2.24) is 4.90 Å². The van der Waals surface area contributed by atoms with Crippen molar-refractivity contribution in [2.75, 3.05) is 13.1 Å². The lowest BCUT2D eigenvalue weighted by atomic mass is 9.75. The average molecular weight is 282 g/mol. The van der Waals surface area contributed by atoms with E-state index in [2.05, 4.69) is 0 Å². The Morgan fingerprint density at radius 3 is 2.50 bits per heavy atom. The summed E-state index contributed by atoms with van der Waals surface area (Å²) in [5.41, 5.74) is 5.70. The standard InChI is InChI=1S/C16H30N2O2/c1-16(2,3)20-15(19)18-9-5-7-13(11-18)12-6-4-8-14(17)10-12/h12-14H,4-11,17H2,1-3H3. The first-order valence-electron chi connectivity index (χ1n) is 8.08. The van der Waals surface area contributed by atoms with Crippen LogP contribution in [0.1, 0.15) is 59.3 Å². The van der Waals surface area contributed by atoms with Crippen LogP contribution in [0.4, 0.5) is 4.79 Å². The number of carbonyl (C=O) groups excluding carboxylic acids is 1. The Morgan fingerprint density at radius 2 is 1.85 bits per heavy atom. The Morgan fingerprint density at radius 1 is 1.15 bits per heavy atom. The van der Waals surface area contributed by atoms with E-state index in [-0.39, 0.29) is 6.09 Å². The molecule has 0 radical (unpaired) electrons. The molecule has 1 saturated carbocycles. The Bertz CT molecular complexity index is 338. The summed E-state index contributed by atoms with van der Waals surface area (Å²) in [5.74, 6) is 1.31. The van der Waals surface area contributed by atoms with E-state index in [9.17, 15) is 4.79 Å². The van der Waals surface area contributed by atoms with Gasteiger partial charge in [-0.3, -0.25) is 0 Å². The van der Waals surface area contributed by atoms with Crippen molar-refractivity contribution in [3.8, 4) is 0 Å². The molecule has 2 rings (SSSR count). The van der Waals surface area contributed by atoms with Gasteiger partial charge in [-0.05, 0) is 58.3 Å². The van der Waals surface area contributed by atoms with Crippen LogP contribution in [-0.2, 0) is 4.74 Å². The summed E-state index contributed by atoms with van der Waals surface area (Å²) in [7, 11) is 0. The highest BCUT2D eigenvalue weighted by Crippen LogP contribution is 2.34. The van der Waals surface area contributed by atoms with Gasteiger partial charge in [-0.2, -0.15) is 0 Å². The smallest absolute Gasteiger partial charge is 0.410 e. The minimum Gasteiger partial charge on any atom is -0.444 e. The molecule has 1 aliphatic carbocycles. The Kier molecular flexibility index (Phi) is 4.95. The number of nitrogens with zero attached hydrogens (tertiary/aromatic N) is 1. The molecule has 2 N–H and O–H groups in total. The van der Waals surface area contributed by atoms with Gasteiger partial charge < -0.3 is 15.4 Å². The fourth-order valence-electron chi connectivity index (χ4n) is 3.58. The molecule has 4 nitrogen and oxygen atoms in total. The van der Waals surface area contributed by atoms with Crippen molar-refractivity contribution in [3.63, 3.8) is 0 Å². The van der Waals surface area contributed by atoms with E-state index in [0.29, 0.717) is 17.9 Å². The summed E-state index contributed by atoms with van der Waals surface area (Å²) in [6.45, 7) is 7.46. The molecule has 3 unspecified atom stereocenters. The molecule has 0 bridgehead atoms. The topological polar surface area (TPSA) is 55.6 Å². The van der Waals surface area contributed by atoms with E-state index in [1.54, 1.807) is 0 Å². The number of rotatable bonds is 1. The molecular weight excluding hydrogens is 252 g/mol. The van der Waals surface area contributed by atoms with Crippen molar-refractivity contribution in [3.05, 3.63) is 0 Å². The van der Waals surface area contributed by atoms with Gasteiger partial charge in [0.2, 0.25) is 0 Å². The quantitative estimate of drug-likeness (QED) is 0.803. The van der Waals surface area contributed by atoms with Gasteiger partial charge in [0.25, 0.3) is 0 Å². The number of carbonyl (C=O) groups is 1. The van der Waals surface area contributed by atoms with Crippen LogP contribution in [0.5, 0.6) is 0 Å². The number of piperidine rings is 1. The first kappa shape index (κ1) is 15.6. The first-order chi connectivity index (χ1) is 9.35. The van der Waals surface area contributed by atoms with Crippen molar-refractivity contribution < 1.29 is 9.53 Å². The molecule has 20 heavy (non-hydrogen) atoms. The number of hydrogen-bond acceptors (Lipinski definition) is 3. The second-order valence-corrected chi connectivity index (χ2v) is 7.52. The molecule has 0 aromatic rings. The van der Waals surface area contributed by atoms with Crippen LogP contribution in [0.15, 0.2) is 0 Å². The van der Waals surface area contributed by atoms with Crippen molar-refractivity contribution in [1.29, 1.82) is 0 Å². The monoisotopic (exact) mass is 282 g/mol. The zero-order valence-corrected chi connectivity index (χ0v) is 13.2. The maximum absolute atomic E-state index is 12.2. The molecule has 1 aliphatic heterocycles. The molecule has 0 aromatic heterocycles. The van der Waals surface area contributed by atoms with E-state index in [1.165, 1.54) is 25.7 Å². The van der Waals surface area contributed by atoms with E-state index in [4.69, 9.17) is 10.5 Å². The van der Waals surface area contributed by atoms with E-state index in [1.807, 2.05) is 25.7 Å². The number of nitrogens with two attached hydrogens (primary N) is 1. The lowest BCUT2D eigenvalue weighted by Crippen LogP contribution is -2.45. The number of ether oxygens (including phenoxy) is 1. The molecule has 4 heteroatoms. The zero-order chi connectivity index (χ0) is 14.8. The predicted octanol–water partition coefficient (Wildman–Crippen LogP) is 3.15. The fraction of sp³-hybridized carbons (Fsp3) is 0.938. The van der Waals surface area contributed by atoms with E-state index >= 15 is 0 Å². The Hall–Kier alpha value is -0.770. The zero-order valence-electron chi connectivity index (χ0n) is 13.2. The average Bonchev–Trinajstić information content (AvgIpc) is 2.37. The lowest BCUT2D eigenvalue weighted by molar-refractivity contribution is 0.0111. The first-order valence-corrected chi connectivity index (χ1v) is 8.08. The number of hydrogen-bond donors (Lipinski definition) is 1. The Labute approximate surface area is 123 Å². The third kappa shape index (κ3) is 4.37.